The van der Waals surface area contributed by atoms with Crippen LogP contribution in [0.3, 0.4) is 0 Å². The topological polar surface area (TPSA) is 75.3 Å². The molecule has 1 aromatic heterocycles. The van der Waals surface area contributed by atoms with Gasteiger partial charge in [-0.2, -0.15) is 5.10 Å². The van der Waals surface area contributed by atoms with Gasteiger partial charge < -0.3 is 10.2 Å². The molecule has 0 bridgehead atoms. The first-order chi connectivity index (χ1) is 10.1. The first-order valence-electron chi connectivity index (χ1n) is 6.33. The molecule has 1 heterocycles. The number of hydrogen-bond acceptors (Lipinski definition) is 3. The van der Waals surface area contributed by atoms with E-state index in [9.17, 15) is 9.90 Å². The average Bonchev–Trinajstić information content (AvgIpc) is 2.93. The van der Waals surface area contributed by atoms with Crippen LogP contribution in [0.15, 0.2) is 60.7 Å². The summed E-state index contributed by atoms with van der Waals surface area (Å²) in [7, 11) is 0. The molecule has 0 spiro atoms. The number of carboxylic acids is 1. The Kier molecular flexibility index (Phi) is 3.16. The second-order valence-corrected chi connectivity index (χ2v) is 4.52. The van der Waals surface area contributed by atoms with Crippen LogP contribution >= 0.6 is 0 Å². The maximum atomic E-state index is 11.2. The lowest BCUT2D eigenvalue weighted by Gasteiger charge is -2.07. The Bertz CT molecular complexity index is 794. The minimum atomic E-state index is -1.09. The zero-order valence-corrected chi connectivity index (χ0v) is 11.0. The molecule has 2 N–H and O–H groups in total. The van der Waals surface area contributed by atoms with E-state index in [1.165, 1.54) is 16.8 Å². The van der Waals surface area contributed by atoms with Gasteiger partial charge in [0.2, 0.25) is 0 Å². The predicted octanol–water partition coefficient (Wildman–Crippen LogP) is 2.94. The molecule has 0 unspecified atom stereocenters. The summed E-state index contributed by atoms with van der Waals surface area (Å²) in [6.45, 7) is 0. The fraction of sp³-hybridized carbons (Fsp3) is 0. The Morgan fingerprint density at radius 3 is 2.43 bits per heavy atom. The van der Waals surface area contributed by atoms with Crippen molar-refractivity contribution in [1.29, 1.82) is 0 Å². The summed E-state index contributed by atoms with van der Waals surface area (Å²) in [5.41, 5.74) is 2.05. The van der Waals surface area contributed by atoms with Crippen molar-refractivity contribution in [2.75, 3.05) is 0 Å². The van der Waals surface area contributed by atoms with E-state index in [1.54, 1.807) is 18.2 Å². The smallest absolute Gasteiger partial charge is 0.356 e. The number of carboxylic acid groups (broad SMARTS) is 1. The molecule has 104 valence electrons. The molecule has 5 nitrogen and oxygen atoms in total. The summed E-state index contributed by atoms with van der Waals surface area (Å²) in [6, 6.07) is 17.4. The summed E-state index contributed by atoms with van der Waals surface area (Å²) in [5, 5.41) is 22.8. The van der Waals surface area contributed by atoms with Gasteiger partial charge in [-0.05, 0) is 18.2 Å². The lowest BCUT2D eigenvalue weighted by molar-refractivity contribution is 0.0690. The Hall–Kier alpha value is -3.08. The van der Waals surface area contributed by atoms with E-state index in [0.29, 0.717) is 11.4 Å². The third-order valence-electron chi connectivity index (χ3n) is 3.07. The van der Waals surface area contributed by atoms with Crippen molar-refractivity contribution in [3.8, 4) is 22.7 Å². The van der Waals surface area contributed by atoms with E-state index >= 15 is 0 Å². The molecule has 0 aliphatic carbocycles. The van der Waals surface area contributed by atoms with Crippen LogP contribution < -0.4 is 0 Å². The number of nitrogens with zero attached hydrogens (tertiary/aromatic N) is 2. The zero-order chi connectivity index (χ0) is 14.8. The van der Waals surface area contributed by atoms with E-state index in [4.69, 9.17) is 5.11 Å². The fourth-order valence-electron chi connectivity index (χ4n) is 2.12. The highest BCUT2D eigenvalue weighted by Crippen LogP contribution is 2.25. The van der Waals surface area contributed by atoms with Crippen molar-refractivity contribution < 1.29 is 15.0 Å². The van der Waals surface area contributed by atoms with Crippen molar-refractivity contribution in [1.82, 2.24) is 9.78 Å². The van der Waals surface area contributed by atoms with Crippen LogP contribution in [0.2, 0.25) is 0 Å². The third-order valence-corrected chi connectivity index (χ3v) is 3.07. The minimum Gasteiger partial charge on any atom is -0.508 e. The van der Waals surface area contributed by atoms with Crippen molar-refractivity contribution >= 4 is 5.97 Å². The molecule has 0 amide bonds. The van der Waals surface area contributed by atoms with Gasteiger partial charge >= 0.3 is 5.97 Å². The molecule has 0 radical (unpaired) electrons. The number of benzene rings is 2. The number of aromatic nitrogens is 2. The first-order valence-corrected chi connectivity index (χ1v) is 6.33. The fourth-order valence-corrected chi connectivity index (χ4v) is 2.12. The molecule has 0 atom stereocenters. The Morgan fingerprint density at radius 2 is 1.76 bits per heavy atom. The molecule has 0 aliphatic rings. The molecule has 3 rings (SSSR count). The standard InChI is InChI=1S/C16H12N2O3/c19-13-8-4-7-12(9-13)18-15(10-14(17-18)16(20)21)11-5-2-1-3-6-11/h1-10,19H,(H,20,21). The van der Waals surface area contributed by atoms with Crippen molar-refractivity contribution in [3.63, 3.8) is 0 Å². The molecule has 0 aliphatic heterocycles. The molecule has 0 saturated carbocycles. The van der Waals surface area contributed by atoms with Crippen LogP contribution in [0.4, 0.5) is 0 Å². The van der Waals surface area contributed by atoms with Gasteiger partial charge in [0.25, 0.3) is 0 Å². The van der Waals surface area contributed by atoms with Gasteiger partial charge in [0.05, 0.1) is 11.4 Å². The highest BCUT2D eigenvalue weighted by Gasteiger charge is 2.15. The normalized spacial score (nSPS) is 10.5. The maximum absolute atomic E-state index is 11.2. The van der Waals surface area contributed by atoms with Gasteiger partial charge in [-0.3, -0.25) is 0 Å². The average molecular weight is 280 g/mol. The Morgan fingerprint density at radius 1 is 1.00 bits per heavy atom. The quantitative estimate of drug-likeness (QED) is 0.773. The number of rotatable bonds is 3. The number of phenols is 1. The van der Waals surface area contributed by atoms with Crippen molar-refractivity contribution in [2.45, 2.75) is 0 Å². The highest BCUT2D eigenvalue weighted by molar-refractivity contribution is 5.87. The molecule has 5 heteroatoms. The summed E-state index contributed by atoms with van der Waals surface area (Å²) in [6.07, 6.45) is 0. The zero-order valence-electron chi connectivity index (χ0n) is 11.0. The molecular weight excluding hydrogens is 268 g/mol. The van der Waals surface area contributed by atoms with E-state index < -0.39 is 5.97 Å². The highest BCUT2D eigenvalue weighted by atomic mass is 16.4. The van der Waals surface area contributed by atoms with Gasteiger partial charge in [-0.1, -0.05) is 36.4 Å². The van der Waals surface area contributed by atoms with Crippen LogP contribution in [0.1, 0.15) is 10.5 Å². The SMILES string of the molecule is O=C(O)c1cc(-c2ccccc2)n(-c2cccc(O)c2)n1. The van der Waals surface area contributed by atoms with Crippen LogP contribution in [0.25, 0.3) is 16.9 Å². The third kappa shape index (κ3) is 2.49. The van der Waals surface area contributed by atoms with Crippen molar-refractivity contribution in [3.05, 3.63) is 66.4 Å². The molecule has 0 saturated heterocycles. The number of aromatic hydroxyl groups is 1. The van der Waals surface area contributed by atoms with Gasteiger partial charge in [-0.25, -0.2) is 9.48 Å². The summed E-state index contributed by atoms with van der Waals surface area (Å²) < 4.78 is 1.51. The molecule has 3 aromatic rings. The summed E-state index contributed by atoms with van der Waals surface area (Å²) >= 11 is 0. The number of carbonyl (C=O) groups is 1. The number of hydrogen-bond donors (Lipinski definition) is 2. The van der Waals surface area contributed by atoms with E-state index in [-0.39, 0.29) is 11.4 Å². The van der Waals surface area contributed by atoms with Gasteiger partial charge in [0, 0.05) is 11.6 Å². The summed E-state index contributed by atoms with van der Waals surface area (Å²) in [4.78, 5) is 11.2. The minimum absolute atomic E-state index is 0.0443. The van der Waals surface area contributed by atoms with Crippen LogP contribution in [0.5, 0.6) is 5.75 Å². The number of phenolic OH excluding ortho intramolecular Hbond substituents is 1. The van der Waals surface area contributed by atoms with Gasteiger partial charge in [-0.15, -0.1) is 0 Å². The monoisotopic (exact) mass is 280 g/mol. The summed E-state index contributed by atoms with van der Waals surface area (Å²) in [5.74, 6) is -0.995. The second kappa shape index (κ2) is 5.13. The van der Waals surface area contributed by atoms with Crippen LogP contribution in [0, 0.1) is 0 Å². The predicted molar refractivity (Wildman–Crippen MR) is 77.6 cm³/mol. The molecule has 2 aromatic carbocycles. The second-order valence-electron chi connectivity index (χ2n) is 4.52. The van der Waals surface area contributed by atoms with Crippen molar-refractivity contribution in [2.24, 2.45) is 0 Å². The lowest BCUT2D eigenvalue weighted by atomic mass is 10.1. The largest absolute Gasteiger partial charge is 0.508 e. The van der Waals surface area contributed by atoms with Gasteiger partial charge in [0.15, 0.2) is 5.69 Å². The van der Waals surface area contributed by atoms with E-state index in [2.05, 4.69) is 5.10 Å². The Balaban J connectivity index is 2.21. The molecule has 21 heavy (non-hydrogen) atoms. The van der Waals surface area contributed by atoms with Crippen LogP contribution in [-0.4, -0.2) is 26.0 Å². The number of aromatic carboxylic acids is 1. The van der Waals surface area contributed by atoms with E-state index in [1.807, 2.05) is 30.3 Å². The molecular formula is C16H12N2O3. The molecule has 0 fully saturated rings. The van der Waals surface area contributed by atoms with E-state index in [0.717, 1.165) is 5.56 Å². The van der Waals surface area contributed by atoms with Crippen LogP contribution in [-0.2, 0) is 0 Å². The lowest BCUT2D eigenvalue weighted by Crippen LogP contribution is -2.02. The maximum Gasteiger partial charge on any atom is 0.356 e. The first kappa shape index (κ1) is 12.9. The Labute approximate surface area is 120 Å². The van der Waals surface area contributed by atoms with Gasteiger partial charge in [0.1, 0.15) is 5.75 Å².